The lowest BCUT2D eigenvalue weighted by molar-refractivity contribution is -0.132. The van der Waals surface area contributed by atoms with Crippen LogP contribution in [0.15, 0.2) is 72.3 Å². The number of aliphatic hydroxyl groups excluding tert-OH is 1. The van der Waals surface area contributed by atoms with Gasteiger partial charge >= 0.3 is 0 Å². The molecule has 0 spiro atoms. The Morgan fingerprint density at radius 1 is 0.971 bits per heavy atom. The molecule has 0 bridgehead atoms. The maximum atomic E-state index is 13.4. The van der Waals surface area contributed by atoms with E-state index in [9.17, 15) is 14.7 Å². The van der Waals surface area contributed by atoms with Gasteiger partial charge in [-0.15, -0.1) is 0 Å². The summed E-state index contributed by atoms with van der Waals surface area (Å²) in [6.07, 6.45) is 0.853. The highest BCUT2D eigenvalue weighted by Gasteiger charge is 2.47. The number of ketones is 1. The molecule has 1 heterocycles. The van der Waals surface area contributed by atoms with Crippen LogP contribution in [0.25, 0.3) is 5.76 Å². The predicted molar refractivity (Wildman–Crippen MR) is 136 cm³/mol. The van der Waals surface area contributed by atoms with Crippen LogP contribution in [0, 0.1) is 6.92 Å². The van der Waals surface area contributed by atoms with Crippen molar-refractivity contribution in [3.05, 3.63) is 94.6 Å². The first-order valence-corrected chi connectivity index (χ1v) is 11.7. The molecule has 3 aromatic rings. The van der Waals surface area contributed by atoms with E-state index < -0.39 is 17.7 Å². The lowest BCUT2D eigenvalue weighted by atomic mass is 9.94. The summed E-state index contributed by atoms with van der Waals surface area (Å²) < 4.78 is 11.2. The molecule has 6 heteroatoms. The first-order chi connectivity index (χ1) is 16.9. The van der Waals surface area contributed by atoms with Crippen LogP contribution in [0.1, 0.15) is 42.1 Å². The van der Waals surface area contributed by atoms with Gasteiger partial charge in [0.05, 0.1) is 25.3 Å². The van der Waals surface area contributed by atoms with Crippen LogP contribution in [0.5, 0.6) is 11.5 Å². The van der Waals surface area contributed by atoms with E-state index >= 15 is 0 Å². The minimum Gasteiger partial charge on any atom is -0.507 e. The van der Waals surface area contributed by atoms with Crippen LogP contribution in [-0.4, -0.2) is 30.5 Å². The molecule has 1 atom stereocenters. The van der Waals surface area contributed by atoms with Crippen molar-refractivity contribution in [2.75, 3.05) is 18.6 Å². The number of nitrogens with zero attached hydrogens (tertiary/aromatic N) is 1. The molecule has 180 valence electrons. The lowest BCUT2D eigenvalue weighted by Crippen LogP contribution is -2.29. The van der Waals surface area contributed by atoms with E-state index in [-0.39, 0.29) is 11.3 Å². The summed E-state index contributed by atoms with van der Waals surface area (Å²) in [7, 11) is 1.54. The van der Waals surface area contributed by atoms with Gasteiger partial charge in [0, 0.05) is 16.8 Å². The van der Waals surface area contributed by atoms with Crippen molar-refractivity contribution in [2.24, 2.45) is 0 Å². The molecule has 1 amide bonds. The molecule has 3 aromatic carbocycles. The van der Waals surface area contributed by atoms with Crippen LogP contribution in [0.2, 0.25) is 0 Å². The molecule has 1 fully saturated rings. The molecular weight excluding hydrogens is 442 g/mol. The first kappa shape index (κ1) is 24.1. The topological polar surface area (TPSA) is 76.1 Å². The average Bonchev–Trinajstić information content (AvgIpc) is 3.15. The van der Waals surface area contributed by atoms with Crippen molar-refractivity contribution in [3.63, 3.8) is 0 Å². The van der Waals surface area contributed by atoms with Crippen molar-refractivity contribution >= 4 is 23.1 Å². The zero-order chi connectivity index (χ0) is 25.1. The van der Waals surface area contributed by atoms with Crippen LogP contribution in [0.4, 0.5) is 5.69 Å². The van der Waals surface area contributed by atoms with E-state index in [1.807, 2.05) is 50.2 Å². The van der Waals surface area contributed by atoms with Crippen LogP contribution in [0.3, 0.4) is 0 Å². The monoisotopic (exact) mass is 471 g/mol. The number of benzene rings is 3. The molecule has 1 saturated heterocycles. The number of para-hydroxylation sites is 1. The average molecular weight is 472 g/mol. The minimum atomic E-state index is -0.856. The smallest absolute Gasteiger partial charge is 0.300 e. The maximum absolute atomic E-state index is 13.4. The largest absolute Gasteiger partial charge is 0.507 e. The van der Waals surface area contributed by atoms with E-state index in [1.54, 1.807) is 30.3 Å². The number of ether oxygens (including phenoxy) is 2. The highest BCUT2D eigenvalue weighted by Crippen LogP contribution is 2.45. The highest BCUT2D eigenvalue weighted by molar-refractivity contribution is 6.51. The van der Waals surface area contributed by atoms with Crippen LogP contribution < -0.4 is 14.4 Å². The van der Waals surface area contributed by atoms with Crippen molar-refractivity contribution in [1.82, 2.24) is 0 Å². The second-order valence-corrected chi connectivity index (χ2v) is 8.34. The van der Waals surface area contributed by atoms with Gasteiger partial charge in [-0.1, -0.05) is 37.3 Å². The normalized spacial score (nSPS) is 17.0. The van der Waals surface area contributed by atoms with E-state index in [1.165, 1.54) is 12.0 Å². The van der Waals surface area contributed by atoms with Gasteiger partial charge in [0.25, 0.3) is 11.7 Å². The van der Waals surface area contributed by atoms with Gasteiger partial charge in [-0.05, 0) is 67.8 Å². The van der Waals surface area contributed by atoms with Gasteiger partial charge in [0.15, 0.2) is 0 Å². The number of carbonyl (C=O) groups excluding carboxylic acids is 2. The van der Waals surface area contributed by atoms with Crippen LogP contribution in [-0.2, 0) is 16.0 Å². The Morgan fingerprint density at radius 2 is 1.69 bits per heavy atom. The van der Waals surface area contributed by atoms with Crippen molar-refractivity contribution in [3.8, 4) is 11.5 Å². The number of aryl methyl sites for hydroxylation is 2. The Bertz CT molecular complexity index is 1290. The molecule has 1 aliphatic rings. The Labute approximate surface area is 205 Å². The number of hydrogen-bond donors (Lipinski definition) is 1. The quantitative estimate of drug-likeness (QED) is 0.276. The number of amides is 1. The third-order valence-electron chi connectivity index (χ3n) is 6.25. The molecule has 1 unspecified atom stereocenters. The van der Waals surface area contributed by atoms with Gasteiger partial charge in [0.2, 0.25) is 0 Å². The molecular formula is C29H29NO5. The van der Waals surface area contributed by atoms with Gasteiger partial charge in [-0.25, -0.2) is 0 Å². The summed E-state index contributed by atoms with van der Waals surface area (Å²) in [5, 5.41) is 11.4. The Morgan fingerprint density at radius 3 is 2.31 bits per heavy atom. The molecule has 0 aliphatic carbocycles. The number of methoxy groups -OCH3 is 1. The van der Waals surface area contributed by atoms with Crippen molar-refractivity contribution in [1.29, 1.82) is 0 Å². The summed E-state index contributed by atoms with van der Waals surface area (Å²) in [6, 6.07) is 19.1. The number of hydrogen-bond acceptors (Lipinski definition) is 5. The highest BCUT2D eigenvalue weighted by atomic mass is 16.5. The molecule has 6 nitrogen and oxygen atoms in total. The fourth-order valence-corrected chi connectivity index (χ4v) is 4.45. The zero-order valence-corrected chi connectivity index (χ0v) is 20.4. The summed E-state index contributed by atoms with van der Waals surface area (Å²) in [6.45, 7) is 6.33. The Kier molecular flexibility index (Phi) is 6.92. The Hall–Kier alpha value is -4.06. The standard InChI is InChI=1S/C29H29NO5/c1-5-19-11-14-21(15-12-19)30-26(22-9-7-8-10-24(22)34-4)25(28(32)29(30)33)27(31)20-13-16-23(35-6-2)18(3)17-20/h7-17,26,31H,5-6H2,1-4H3/b27-25+. The molecule has 35 heavy (non-hydrogen) atoms. The zero-order valence-electron chi connectivity index (χ0n) is 20.4. The SMILES string of the molecule is CCOc1ccc(/C(O)=C2\C(=O)C(=O)N(c3ccc(CC)cc3)C2c2ccccc2OC)cc1C. The third-order valence-corrected chi connectivity index (χ3v) is 6.25. The number of carbonyl (C=O) groups is 2. The molecule has 0 aromatic heterocycles. The molecule has 0 radical (unpaired) electrons. The number of aliphatic hydroxyl groups is 1. The van der Waals surface area contributed by atoms with Gasteiger partial charge in [-0.2, -0.15) is 0 Å². The Balaban J connectivity index is 1.93. The summed E-state index contributed by atoms with van der Waals surface area (Å²) in [5.74, 6) is -0.470. The van der Waals surface area contributed by atoms with E-state index in [2.05, 4.69) is 6.92 Å². The fraction of sp³-hybridized carbons (Fsp3) is 0.241. The van der Waals surface area contributed by atoms with Crippen molar-refractivity contribution < 1.29 is 24.2 Å². The third kappa shape index (κ3) is 4.39. The van der Waals surface area contributed by atoms with Gasteiger partial charge < -0.3 is 14.6 Å². The number of Topliss-reactive ketones (excluding diaryl/α,β-unsaturated/α-hetero) is 1. The second kappa shape index (κ2) is 10.1. The lowest BCUT2D eigenvalue weighted by Gasteiger charge is -2.26. The molecule has 0 saturated carbocycles. The second-order valence-electron chi connectivity index (χ2n) is 8.34. The van der Waals surface area contributed by atoms with E-state index in [0.29, 0.717) is 34.9 Å². The van der Waals surface area contributed by atoms with Gasteiger partial charge in [0.1, 0.15) is 17.3 Å². The maximum Gasteiger partial charge on any atom is 0.300 e. The van der Waals surface area contributed by atoms with Crippen LogP contribution >= 0.6 is 0 Å². The summed E-state index contributed by atoms with van der Waals surface area (Å²) >= 11 is 0. The summed E-state index contributed by atoms with van der Waals surface area (Å²) in [4.78, 5) is 28.2. The summed E-state index contributed by atoms with van der Waals surface area (Å²) in [5.41, 5.74) is 3.56. The fourth-order valence-electron chi connectivity index (χ4n) is 4.45. The first-order valence-electron chi connectivity index (χ1n) is 11.7. The molecule has 1 N–H and O–H groups in total. The number of anilines is 1. The van der Waals surface area contributed by atoms with E-state index in [4.69, 9.17) is 9.47 Å². The van der Waals surface area contributed by atoms with Gasteiger partial charge in [-0.3, -0.25) is 14.5 Å². The molecule has 1 aliphatic heterocycles. The minimum absolute atomic E-state index is 0.0163. The molecule has 4 rings (SSSR count). The number of rotatable bonds is 7. The van der Waals surface area contributed by atoms with Crippen molar-refractivity contribution in [2.45, 2.75) is 33.2 Å². The van der Waals surface area contributed by atoms with E-state index in [0.717, 1.165) is 17.5 Å². The predicted octanol–water partition coefficient (Wildman–Crippen LogP) is 5.59.